The van der Waals surface area contributed by atoms with E-state index in [1.165, 1.54) is 0 Å². The van der Waals surface area contributed by atoms with E-state index in [-0.39, 0.29) is 6.10 Å². The maximum Gasteiger partial charge on any atom is 0.111 e. The third-order valence-electron chi connectivity index (χ3n) is 1.13. The summed E-state index contributed by atoms with van der Waals surface area (Å²) >= 11 is 0. The fourth-order valence-electron chi connectivity index (χ4n) is 1.07. The smallest absolute Gasteiger partial charge is 0.111 e. The number of rotatable bonds is 4. The van der Waals surface area contributed by atoms with E-state index in [0.717, 1.165) is 6.54 Å². The zero-order valence-corrected chi connectivity index (χ0v) is 8.22. The predicted molar refractivity (Wildman–Crippen MR) is 47.4 cm³/mol. The average molecular weight is 160 g/mol. The maximum absolute atomic E-state index is 5.67. The molecule has 0 saturated heterocycles. The minimum atomic E-state index is -0.518. The summed E-state index contributed by atoms with van der Waals surface area (Å²) in [5, 5.41) is 0. The van der Waals surface area contributed by atoms with E-state index in [4.69, 9.17) is 10.5 Å². The Morgan fingerprint density at radius 3 is 2.18 bits per heavy atom. The summed E-state index contributed by atoms with van der Waals surface area (Å²) in [5.41, 5.74) is 5.15. The lowest BCUT2D eigenvalue weighted by Gasteiger charge is -2.26. The molecule has 68 valence electrons. The molecule has 0 bridgehead atoms. The van der Waals surface area contributed by atoms with Crippen molar-refractivity contribution in [2.75, 3.05) is 20.6 Å². The van der Waals surface area contributed by atoms with Gasteiger partial charge in [-0.3, -0.25) is 0 Å². The summed E-state index contributed by atoms with van der Waals surface area (Å²) < 4.78 is 5.48. The molecule has 0 aromatic carbocycles. The van der Waals surface area contributed by atoms with E-state index < -0.39 is 5.72 Å². The SMILES string of the molecule is C[C@@H](CN(C)C)OC(C)(C)N. The molecular weight excluding hydrogens is 140 g/mol. The second-order valence-electron chi connectivity index (χ2n) is 3.79. The van der Waals surface area contributed by atoms with Crippen LogP contribution >= 0.6 is 0 Å². The fraction of sp³-hybridized carbons (Fsp3) is 1.00. The van der Waals surface area contributed by atoms with Crippen LogP contribution in [0.3, 0.4) is 0 Å². The lowest BCUT2D eigenvalue weighted by atomic mass is 10.3. The van der Waals surface area contributed by atoms with Crippen LogP contribution in [0.1, 0.15) is 20.8 Å². The third-order valence-corrected chi connectivity index (χ3v) is 1.13. The quantitative estimate of drug-likeness (QED) is 0.614. The fourth-order valence-corrected chi connectivity index (χ4v) is 1.07. The second kappa shape index (κ2) is 4.04. The molecule has 3 heteroatoms. The van der Waals surface area contributed by atoms with Crippen LogP contribution in [0.2, 0.25) is 0 Å². The molecule has 0 spiro atoms. The predicted octanol–water partition coefficient (Wildman–Crippen LogP) is 0.648. The van der Waals surface area contributed by atoms with Gasteiger partial charge in [0.2, 0.25) is 0 Å². The highest BCUT2D eigenvalue weighted by Gasteiger charge is 2.15. The van der Waals surface area contributed by atoms with Crippen molar-refractivity contribution in [3.8, 4) is 0 Å². The van der Waals surface area contributed by atoms with Crippen LogP contribution < -0.4 is 5.73 Å². The molecule has 0 fully saturated rings. The van der Waals surface area contributed by atoms with Crippen molar-refractivity contribution in [1.82, 2.24) is 4.90 Å². The largest absolute Gasteiger partial charge is 0.357 e. The first-order valence-electron chi connectivity index (χ1n) is 3.92. The molecular formula is C8H20N2O. The van der Waals surface area contributed by atoms with Crippen molar-refractivity contribution in [2.45, 2.75) is 32.6 Å². The first kappa shape index (κ1) is 10.9. The van der Waals surface area contributed by atoms with Gasteiger partial charge in [0, 0.05) is 6.54 Å². The van der Waals surface area contributed by atoms with E-state index in [9.17, 15) is 0 Å². The first-order chi connectivity index (χ1) is 4.81. The van der Waals surface area contributed by atoms with E-state index >= 15 is 0 Å². The van der Waals surface area contributed by atoms with E-state index in [2.05, 4.69) is 4.90 Å². The summed E-state index contributed by atoms with van der Waals surface area (Å²) in [5.74, 6) is 0. The van der Waals surface area contributed by atoms with Gasteiger partial charge in [-0.2, -0.15) is 0 Å². The zero-order chi connectivity index (χ0) is 9.07. The van der Waals surface area contributed by atoms with Crippen molar-refractivity contribution in [1.29, 1.82) is 0 Å². The number of nitrogens with two attached hydrogens (primary N) is 1. The van der Waals surface area contributed by atoms with Gasteiger partial charge in [0.1, 0.15) is 5.72 Å². The Morgan fingerprint density at radius 2 is 1.91 bits per heavy atom. The van der Waals surface area contributed by atoms with Gasteiger partial charge < -0.3 is 15.4 Å². The number of likely N-dealkylation sites (N-methyl/N-ethyl adjacent to an activating group) is 1. The molecule has 1 atom stereocenters. The van der Waals surface area contributed by atoms with Gasteiger partial charge in [0.15, 0.2) is 0 Å². The molecule has 0 aromatic heterocycles. The van der Waals surface area contributed by atoms with Gasteiger partial charge >= 0.3 is 0 Å². The van der Waals surface area contributed by atoms with E-state index in [1.54, 1.807) is 0 Å². The second-order valence-corrected chi connectivity index (χ2v) is 3.79. The molecule has 0 aliphatic rings. The molecule has 0 saturated carbocycles. The molecule has 0 aliphatic heterocycles. The van der Waals surface area contributed by atoms with Gasteiger partial charge in [-0.25, -0.2) is 0 Å². The minimum Gasteiger partial charge on any atom is -0.357 e. The average Bonchev–Trinajstić information content (AvgIpc) is 1.53. The topological polar surface area (TPSA) is 38.5 Å². The molecule has 11 heavy (non-hydrogen) atoms. The number of nitrogens with zero attached hydrogens (tertiary/aromatic N) is 1. The van der Waals surface area contributed by atoms with Crippen molar-refractivity contribution < 1.29 is 4.74 Å². The van der Waals surface area contributed by atoms with Crippen LogP contribution in [-0.2, 0) is 4.74 Å². The number of hydrogen-bond donors (Lipinski definition) is 1. The number of hydrogen-bond acceptors (Lipinski definition) is 3. The highest BCUT2D eigenvalue weighted by molar-refractivity contribution is 4.62. The van der Waals surface area contributed by atoms with Crippen LogP contribution in [0.4, 0.5) is 0 Å². The Kier molecular flexibility index (Phi) is 4.00. The van der Waals surface area contributed by atoms with Crippen molar-refractivity contribution in [3.05, 3.63) is 0 Å². The summed E-state index contributed by atoms with van der Waals surface area (Å²) in [6, 6.07) is 0. The molecule has 0 radical (unpaired) electrons. The standard InChI is InChI=1S/C8H20N2O/c1-7(6-10(4)5)11-8(2,3)9/h7H,6,9H2,1-5H3/t7-/m0/s1. The lowest BCUT2D eigenvalue weighted by molar-refractivity contribution is -0.0664. The molecule has 0 rings (SSSR count). The van der Waals surface area contributed by atoms with Crippen molar-refractivity contribution in [3.63, 3.8) is 0 Å². The first-order valence-corrected chi connectivity index (χ1v) is 3.92. The van der Waals surface area contributed by atoms with Crippen LogP contribution in [0.5, 0.6) is 0 Å². The van der Waals surface area contributed by atoms with Crippen LogP contribution in [-0.4, -0.2) is 37.4 Å². The third kappa shape index (κ3) is 7.78. The van der Waals surface area contributed by atoms with Crippen LogP contribution in [0, 0.1) is 0 Å². The Hall–Kier alpha value is -0.120. The Balaban J connectivity index is 3.61. The summed E-state index contributed by atoms with van der Waals surface area (Å²) in [6.45, 7) is 6.65. The highest BCUT2D eigenvalue weighted by Crippen LogP contribution is 2.04. The minimum absolute atomic E-state index is 0.185. The molecule has 0 aromatic rings. The molecule has 0 unspecified atom stereocenters. The van der Waals surface area contributed by atoms with Gasteiger partial charge in [0.25, 0.3) is 0 Å². The van der Waals surface area contributed by atoms with Crippen molar-refractivity contribution >= 4 is 0 Å². The van der Waals surface area contributed by atoms with Gasteiger partial charge in [-0.15, -0.1) is 0 Å². The Labute approximate surface area is 69.5 Å². The Bertz CT molecular complexity index is 107. The van der Waals surface area contributed by atoms with Crippen LogP contribution in [0.25, 0.3) is 0 Å². The monoisotopic (exact) mass is 160 g/mol. The van der Waals surface area contributed by atoms with Crippen molar-refractivity contribution in [2.24, 2.45) is 5.73 Å². The van der Waals surface area contributed by atoms with E-state index in [0.29, 0.717) is 0 Å². The van der Waals surface area contributed by atoms with Gasteiger partial charge in [-0.05, 0) is 34.9 Å². The van der Waals surface area contributed by atoms with Gasteiger partial charge in [0.05, 0.1) is 6.10 Å². The number of ether oxygens (including phenoxy) is 1. The van der Waals surface area contributed by atoms with E-state index in [1.807, 2.05) is 34.9 Å². The summed E-state index contributed by atoms with van der Waals surface area (Å²) in [4.78, 5) is 2.08. The molecule has 0 amide bonds. The molecule has 3 nitrogen and oxygen atoms in total. The van der Waals surface area contributed by atoms with Crippen LogP contribution in [0.15, 0.2) is 0 Å². The molecule has 2 N–H and O–H groups in total. The van der Waals surface area contributed by atoms with Gasteiger partial charge in [-0.1, -0.05) is 0 Å². The Morgan fingerprint density at radius 1 is 1.45 bits per heavy atom. The maximum atomic E-state index is 5.67. The molecule has 0 heterocycles. The zero-order valence-electron chi connectivity index (χ0n) is 8.22. The molecule has 0 aliphatic carbocycles. The normalized spacial score (nSPS) is 15.5. The summed E-state index contributed by atoms with van der Waals surface area (Å²) in [6.07, 6.45) is 0.185. The lowest BCUT2D eigenvalue weighted by Crippen LogP contribution is -2.41. The summed E-state index contributed by atoms with van der Waals surface area (Å²) in [7, 11) is 4.03. The highest BCUT2D eigenvalue weighted by atomic mass is 16.5.